The van der Waals surface area contributed by atoms with Crippen molar-refractivity contribution < 1.29 is 19.1 Å². The number of carbonyl (C=O) groups is 3. The molecular formula is C21H23ClN4O4. The molecule has 0 bridgehead atoms. The van der Waals surface area contributed by atoms with Gasteiger partial charge in [-0.25, -0.2) is 5.43 Å². The Kier molecular flexibility index (Phi) is 9.33. The van der Waals surface area contributed by atoms with Gasteiger partial charge in [0, 0.05) is 22.8 Å². The minimum Gasteiger partial charge on any atom is -0.483 e. The van der Waals surface area contributed by atoms with Crippen LogP contribution in [0.15, 0.2) is 53.6 Å². The Labute approximate surface area is 179 Å². The molecule has 0 saturated heterocycles. The third-order valence-corrected chi connectivity index (χ3v) is 4.05. The summed E-state index contributed by atoms with van der Waals surface area (Å²) in [5.41, 5.74) is 3.29. The fourth-order valence-electron chi connectivity index (χ4n) is 2.26. The number of hydrazone groups is 1. The number of nitrogens with zero attached hydrogens (tertiary/aromatic N) is 1. The number of halogens is 1. The zero-order valence-corrected chi connectivity index (χ0v) is 17.2. The molecule has 0 radical (unpaired) electrons. The minimum absolute atomic E-state index is 0.223. The summed E-state index contributed by atoms with van der Waals surface area (Å²) in [5.74, 6) is -1.55. The van der Waals surface area contributed by atoms with E-state index in [-0.39, 0.29) is 12.5 Å². The molecule has 2 aromatic rings. The summed E-state index contributed by atoms with van der Waals surface area (Å²) in [5, 5.41) is 9.54. The van der Waals surface area contributed by atoms with Gasteiger partial charge in [-0.2, -0.15) is 5.10 Å². The van der Waals surface area contributed by atoms with E-state index < -0.39 is 11.8 Å². The predicted molar refractivity (Wildman–Crippen MR) is 116 cm³/mol. The normalized spacial score (nSPS) is 10.5. The van der Waals surface area contributed by atoms with Crippen molar-refractivity contribution in [2.75, 3.05) is 18.5 Å². The van der Waals surface area contributed by atoms with Gasteiger partial charge >= 0.3 is 11.8 Å². The second-order valence-electron chi connectivity index (χ2n) is 6.19. The molecule has 2 aromatic carbocycles. The first-order valence-electron chi connectivity index (χ1n) is 9.38. The van der Waals surface area contributed by atoms with Gasteiger partial charge in [0.15, 0.2) is 6.61 Å². The van der Waals surface area contributed by atoms with E-state index in [1.54, 1.807) is 48.5 Å². The molecule has 9 heteroatoms. The summed E-state index contributed by atoms with van der Waals surface area (Å²) in [6.07, 6.45) is 3.04. The number of amides is 3. The van der Waals surface area contributed by atoms with Gasteiger partial charge in [-0.1, -0.05) is 37.1 Å². The highest BCUT2D eigenvalue weighted by Gasteiger charge is 2.11. The number of hydrogen-bond acceptors (Lipinski definition) is 5. The molecule has 0 aromatic heterocycles. The van der Waals surface area contributed by atoms with Crippen LogP contribution in [0.5, 0.6) is 5.75 Å². The van der Waals surface area contributed by atoms with Crippen LogP contribution in [0.2, 0.25) is 5.02 Å². The number of unbranched alkanes of at least 4 members (excludes halogenated alkanes) is 1. The molecule has 3 amide bonds. The fourth-order valence-corrected chi connectivity index (χ4v) is 2.39. The van der Waals surface area contributed by atoms with Gasteiger partial charge in [-0.15, -0.1) is 0 Å². The van der Waals surface area contributed by atoms with Crippen molar-refractivity contribution in [1.29, 1.82) is 0 Å². The summed E-state index contributed by atoms with van der Waals surface area (Å²) in [6.45, 7) is 2.19. The van der Waals surface area contributed by atoms with E-state index in [2.05, 4.69) is 21.2 Å². The van der Waals surface area contributed by atoms with Gasteiger partial charge in [-0.3, -0.25) is 14.4 Å². The maximum Gasteiger partial charge on any atom is 0.329 e. The number of hydrogen-bond donors (Lipinski definition) is 3. The molecule has 8 nitrogen and oxygen atoms in total. The first-order chi connectivity index (χ1) is 14.5. The van der Waals surface area contributed by atoms with Crippen LogP contribution < -0.4 is 20.8 Å². The van der Waals surface area contributed by atoms with E-state index in [0.717, 1.165) is 12.8 Å². The number of rotatable bonds is 9. The smallest absolute Gasteiger partial charge is 0.329 e. The van der Waals surface area contributed by atoms with E-state index in [1.807, 2.05) is 6.92 Å². The monoisotopic (exact) mass is 430 g/mol. The maximum absolute atomic E-state index is 12.1. The van der Waals surface area contributed by atoms with Crippen LogP contribution in [0.3, 0.4) is 0 Å². The highest BCUT2D eigenvalue weighted by Crippen LogP contribution is 2.16. The topological polar surface area (TPSA) is 109 Å². The Morgan fingerprint density at radius 1 is 1.07 bits per heavy atom. The van der Waals surface area contributed by atoms with Crippen LogP contribution in [-0.4, -0.2) is 37.1 Å². The molecule has 0 fully saturated rings. The Morgan fingerprint density at radius 2 is 1.80 bits per heavy atom. The Balaban J connectivity index is 1.86. The third kappa shape index (κ3) is 7.92. The van der Waals surface area contributed by atoms with E-state index >= 15 is 0 Å². The predicted octanol–water partition coefficient (Wildman–Crippen LogP) is 2.72. The second-order valence-corrected chi connectivity index (χ2v) is 6.63. The Bertz CT molecular complexity index is 900. The van der Waals surface area contributed by atoms with Crippen molar-refractivity contribution >= 4 is 41.2 Å². The summed E-state index contributed by atoms with van der Waals surface area (Å²) < 4.78 is 5.54. The van der Waals surface area contributed by atoms with Crippen LogP contribution in [-0.2, 0) is 14.4 Å². The van der Waals surface area contributed by atoms with Crippen LogP contribution in [0.4, 0.5) is 5.69 Å². The van der Waals surface area contributed by atoms with E-state index in [9.17, 15) is 14.4 Å². The maximum atomic E-state index is 12.1. The molecule has 30 heavy (non-hydrogen) atoms. The summed E-state index contributed by atoms with van der Waals surface area (Å²) in [4.78, 5) is 35.4. The van der Waals surface area contributed by atoms with Gasteiger partial charge in [0.05, 0.1) is 6.21 Å². The molecule has 0 spiro atoms. The lowest BCUT2D eigenvalue weighted by Crippen LogP contribution is -2.38. The molecule has 0 heterocycles. The fraction of sp³-hybridized carbons (Fsp3) is 0.238. The van der Waals surface area contributed by atoms with Crippen LogP contribution in [0.25, 0.3) is 0 Å². The molecule has 158 valence electrons. The summed E-state index contributed by atoms with van der Waals surface area (Å²) in [7, 11) is 0. The van der Waals surface area contributed by atoms with Gasteiger partial charge in [0.25, 0.3) is 5.91 Å². The van der Waals surface area contributed by atoms with Gasteiger partial charge < -0.3 is 15.4 Å². The zero-order chi connectivity index (χ0) is 21.8. The first kappa shape index (κ1) is 22.9. The molecule has 2 rings (SSSR count). The molecule has 0 atom stereocenters. The van der Waals surface area contributed by atoms with Gasteiger partial charge in [0.1, 0.15) is 5.75 Å². The van der Waals surface area contributed by atoms with E-state index in [1.165, 1.54) is 6.21 Å². The number of benzene rings is 2. The lowest BCUT2D eigenvalue weighted by molar-refractivity contribution is -0.139. The van der Waals surface area contributed by atoms with Crippen molar-refractivity contribution in [2.45, 2.75) is 19.8 Å². The summed E-state index contributed by atoms with van der Waals surface area (Å²) in [6, 6.07) is 13.6. The number of carbonyl (C=O) groups excluding carboxylic acids is 3. The molecule has 0 aliphatic rings. The molecule has 3 N–H and O–H groups in total. The van der Waals surface area contributed by atoms with E-state index in [0.29, 0.717) is 28.6 Å². The van der Waals surface area contributed by atoms with Gasteiger partial charge in [0.2, 0.25) is 0 Å². The number of nitrogens with one attached hydrogen (secondary N) is 3. The lowest BCUT2D eigenvalue weighted by Gasteiger charge is -2.09. The van der Waals surface area contributed by atoms with Crippen LogP contribution in [0, 0.1) is 0 Å². The largest absolute Gasteiger partial charge is 0.483 e. The summed E-state index contributed by atoms with van der Waals surface area (Å²) >= 11 is 5.82. The van der Waals surface area contributed by atoms with E-state index in [4.69, 9.17) is 16.3 Å². The highest BCUT2D eigenvalue weighted by atomic mass is 35.5. The molecule has 0 saturated carbocycles. The standard InChI is InChI=1S/C21H23ClN4O4/c1-2-3-12-23-20(28)21(29)26-24-13-15-6-4-5-7-18(15)30-14-19(27)25-17-10-8-16(22)9-11-17/h4-11,13H,2-3,12,14H2,1H3,(H,23,28)(H,25,27)(H,26,29)/b24-13-. The highest BCUT2D eigenvalue weighted by molar-refractivity contribution is 6.35. The first-order valence-corrected chi connectivity index (χ1v) is 9.76. The van der Waals surface area contributed by atoms with Gasteiger partial charge in [-0.05, 0) is 42.8 Å². The SMILES string of the molecule is CCCCNC(=O)C(=O)N/N=C\c1ccccc1OCC(=O)Nc1ccc(Cl)cc1. The van der Waals surface area contributed by atoms with Crippen molar-refractivity contribution in [1.82, 2.24) is 10.7 Å². The average Bonchev–Trinajstić information content (AvgIpc) is 2.74. The lowest BCUT2D eigenvalue weighted by atomic mass is 10.2. The molecule has 0 unspecified atom stereocenters. The molecule has 0 aliphatic heterocycles. The second kappa shape index (κ2) is 12.2. The van der Waals surface area contributed by atoms with Crippen molar-refractivity contribution in [2.24, 2.45) is 5.10 Å². The van der Waals surface area contributed by atoms with Crippen LogP contribution in [0.1, 0.15) is 25.3 Å². The van der Waals surface area contributed by atoms with Crippen molar-refractivity contribution in [3.05, 3.63) is 59.1 Å². The number of anilines is 1. The molecule has 0 aliphatic carbocycles. The average molecular weight is 431 g/mol. The minimum atomic E-state index is -0.858. The Hall–Kier alpha value is -3.39. The third-order valence-electron chi connectivity index (χ3n) is 3.80. The number of ether oxygens (including phenoxy) is 1. The molecular weight excluding hydrogens is 408 g/mol. The zero-order valence-electron chi connectivity index (χ0n) is 16.5. The number of para-hydroxylation sites is 1. The Morgan fingerprint density at radius 3 is 2.53 bits per heavy atom. The van der Waals surface area contributed by atoms with Crippen molar-refractivity contribution in [3.8, 4) is 5.75 Å². The van der Waals surface area contributed by atoms with Crippen molar-refractivity contribution in [3.63, 3.8) is 0 Å². The van der Waals surface area contributed by atoms with Crippen LogP contribution >= 0.6 is 11.6 Å². The quantitative estimate of drug-likeness (QED) is 0.246.